The fourth-order valence-electron chi connectivity index (χ4n) is 1.58. The summed E-state index contributed by atoms with van der Waals surface area (Å²) >= 11 is 7.07. The number of rotatable bonds is 5. The molecular weight excluding hydrogens is 270 g/mol. The molecule has 0 saturated carbocycles. The van der Waals surface area contributed by atoms with E-state index < -0.39 is 0 Å². The average Bonchev–Trinajstić information content (AvgIpc) is 2.93. The van der Waals surface area contributed by atoms with E-state index in [0.29, 0.717) is 15.8 Å². The van der Waals surface area contributed by atoms with Gasteiger partial charge < -0.3 is 9.88 Å². The third-order valence-corrected chi connectivity index (χ3v) is 3.67. The van der Waals surface area contributed by atoms with Crippen LogP contribution in [0, 0.1) is 6.92 Å². The molecule has 0 aliphatic rings. The molecule has 2 aromatic rings. The SMILES string of the molecule is Cc1cn(CCCNC(=O)c2ccc(Cl)s2)cn1. The lowest BCUT2D eigenvalue weighted by molar-refractivity contribution is 0.0957. The van der Waals surface area contributed by atoms with E-state index in [1.165, 1.54) is 11.3 Å². The fourth-order valence-corrected chi connectivity index (χ4v) is 2.54. The summed E-state index contributed by atoms with van der Waals surface area (Å²) in [5, 5.41) is 2.87. The van der Waals surface area contributed by atoms with Crippen LogP contribution in [0.4, 0.5) is 0 Å². The quantitative estimate of drug-likeness (QED) is 0.858. The van der Waals surface area contributed by atoms with E-state index in [1.54, 1.807) is 18.5 Å². The Kier molecular flexibility index (Phi) is 4.38. The molecule has 0 bridgehead atoms. The van der Waals surface area contributed by atoms with Crippen LogP contribution in [0.1, 0.15) is 21.8 Å². The summed E-state index contributed by atoms with van der Waals surface area (Å²) in [5.74, 6) is -0.0614. The van der Waals surface area contributed by atoms with Crippen molar-refractivity contribution in [3.63, 3.8) is 0 Å². The number of nitrogens with one attached hydrogen (secondary N) is 1. The summed E-state index contributed by atoms with van der Waals surface area (Å²) in [6, 6.07) is 3.47. The number of carbonyl (C=O) groups excluding carboxylic acids is 1. The van der Waals surface area contributed by atoms with Gasteiger partial charge in [-0.2, -0.15) is 0 Å². The highest BCUT2D eigenvalue weighted by Gasteiger charge is 2.07. The van der Waals surface area contributed by atoms with Gasteiger partial charge in [0.15, 0.2) is 0 Å². The first-order valence-electron chi connectivity index (χ1n) is 5.67. The maximum Gasteiger partial charge on any atom is 0.261 e. The van der Waals surface area contributed by atoms with Gasteiger partial charge in [0.25, 0.3) is 5.91 Å². The van der Waals surface area contributed by atoms with Crippen molar-refractivity contribution in [1.29, 1.82) is 0 Å². The highest BCUT2D eigenvalue weighted by atomic mass is 35.5. The lowest BCUT2D eigenvalue weighted by atomic mass is 10.4. The first kappa shape index (κ1) is 13.1. The third kappa shape index (κ3) is 3.58. The maximum absolute atomic E-state index is 11.7. The Bertz CT molecular complexity index is 535. The first-order valence-corrected chi connectivity index (χ1v) is 6.86. The van der Waals surface area contributed by atoms with E-state index in [1.807, 2.05) is 17.7 Å². The second-order valence-electron chi connectivity index (χ2n) is 3.97. The minimum Gasteiger partial charge on any atom is -0.351 e. The molecule has 0 radical (unpaired) electrons. The van der Waals surface area contributed by atoms with Gasteiger partial charge in [0.2, 0.25) is 0 Å². The summed E-state index contributed by atoms with van der Waals surface area (Å²) in [5.41, 5.74) is 1.01. The zero-order valence-corrected chi connectivity index (χ0v) is 11.6. The second-order valence-corrected chi connectivity index (χ2v) is 5.68. The van der Waals surface area contributed by atoms with E-state index in [0.717, 1.165) is 18.7 Å². The van der Waals surface area contributed by atoms with Crippen LogP contribution in [0.5, 0.6) is 0 Å². The molecule has 0 aliphatic heterocycles. The normalized spacial score (nSPS) is 10.6. The summed E-state index contributed by atoms with van der Waals surface area (Å²) < 4.78 is 2.65. The molecule has 2 aromatic heterocycles. The summed E-state index contributed by atoms with van der Waals surface area (Å²) in [6.07, 6.45) is 4.66. The number of halogens is 1. The van der Waals surface area contributed by atoms with Gasteiger partial charge in [-0.3, -0.25) is 4.79 Å². The molecule has 6 heteroatoms. The average molecular weight is 284 g/mol. The Morgan fingerprint density at radius 2 is 2.39 bits per heavy atom. The number of imidazole rings is 1. The van der Waals surface area contributed by atoms with Crippen LogP contribution < -0.4 is 5.32 Å². The molecule has 2 rings (SSSR count). The molecule has 0 fully saturated rings. The third-order valence-electron chi connectivity index (χ3n) is 2.44. The van der Waals surface area contributed by atoms with Crippen molar-refractivity contribution in [2.75, 3.05) is 6.54 Å². The monoisotopic (exact) mass is 283 g/mol. The van der Waals surface area contributed by atoms with Gasteiger partial charge in [-0.25, -0.2) is 4.98 Å². The van der Waals surface area contributed by atoms with Gasteiger partial charge in [0.1, 0.15) is 0 Å². The maximum atomic E-state index is 11.7. The van der Waals surface area contributed by atoms with Crippen molar-refractivity contribution in [3.05, 3.63) is 39.6 Å². The number of thiophene rings is 1. The Morgan fingerprint density at radius 1 is 1.56 bits per heavy atom. The second kappa shape index (κ2) is 6.02. The lowest BCUT2D eigenvalue weighted by Crippen LogP contribution is -2.24. The molecule has 18 heavy (non-hydrogen) atoms. The van der Waals surface area contributed by atoms with E-state index in [2.05, 4.69) is 10.3 Å². The summed E-state index contributed by atoms with van der Waals surface area (Å²) in [4.78, 5) is 16.5. The van der Waals surface area contributed by atoms with E-state index in [9.17, 15) is 4.79 Å². The molecule has 2 heterocycles. The molecule has 0 atom stereocenters. The van der Waals surface area contributed by atoms with Crippen LogP contribution in [0.25, 0.3) is 0 Å². The van der Waals surface area contributed by atoms with E-state index in [-0.39, 0.29) is 5.91 Å². The van der Waals surface area contributed by atoms with Gasteiger partial charge in [0.05, 0.1) is 21.2 Å². The van der Waals surface area contributed by atoms with Gasteiger partial charge in [0, 0.05) is 19.3 Å². The Balaban J connectivity index is 1.71. The van der Waals surface area contributed by atoms with Crippen molar-refractivity contribution >= 4 is 28.8 Å². The number of aryl methyl sites for hydroxylation is 2. The molecule has 4 nitrogen and oxygen atoms in total. The minimum atomic E-state index is -0.0614. The molecule has 0 aromatic carbocycles. The molecular formula is C12H14ClN3OS. The first-order chi connectivity index (χ1) is 8.65. The Morgan fingerprint density at radius 3 is 3.00 bits per heavy atom. The molecule has 1 amide bonds. The van der Waals surface area contributed by atoms with Crippen LogP contribution in [0.15, 0.2) is 24.7 Å². The zero-order chi connectivity index (χ0) is 13.0. The van der Waals surface area contributed by atoms with Crippen LogP contribution in [-0.4, -0.2) is 22.0 Å². The number of hydrogen-bond acceptors (Lipinski definition) is 3. The standard InChI is InChI=1S/C12H14ClN3OS/c1-9-7-16(8-15-9)6-2-5-14-12(17)10-3-4-11(13)18-10/h3-4,7-8H,2,5-6H2,1H3,(H,14,17). The van der Waals surface area contributed by atoms with E-state index >= 15 is 0 Å². The van der Waals surface area contributed by atoms with Crippen LogP contribution in [0.2, 0.25) is 4.34 Å². The summed E-state index contributed by atoms with van der Waals surface area (Å²) in [6.45, 7) is 3.46. The predicted octanol–water partition coefficient (Wildman–Crippen LogP) is 2.73. The lowest BCUT2D eigenvalue weighted by Gasteiger charge is -2.04. The zero-order valence-electron chi connectivity index (χ0n) is 10.0. The van der Waals surface area contributed by atoms with Gasteiger partial charge in [-0.15, -0.1) is 11.3 Å². The smallest absolute Gasteiger partial charge is 0.261 e. The van der Waals surface area contributed by atoms with Crippen LogP contribution in [-0.2, 0) is 6.54 Å². The van der Waals surface area contributed by atoms with Gasteiger partial charge >= 0.3 is 0 Å². The van der Waals surface area contributed by atoms with Crippen molar-refractivity contribution < 1.29 is 4.79 Å². The van der Waals surface area contributed by atoms with Crippen molar-refractivity contribution in [2.45, 2.75) is 19.9 Å². The number of hydrogen-bond donors (Lipinski definition) is 1. The number of aromatic nitrogens is 2. The molecule has 0 unspecified atom stereocenters. The van der Waals surface area contributed by atoms with Gasteiger partial charge in [-0.05, 0) is 25.5 Å². The van der Waals surface area contributed by atoms with Crippen LogP contribution >= 0.6 is 22.9 Å². The molecule has 0 aliphatic carbocycles. The predicted molar refractivity (Wildman–Crippen MR) is 73.2 cm³/mol. The van der Waals surface area contributed by atoms with Crippen molar-refractivity contribution in [2.24, 2.45) is 0 Å². The molecule has 96 valence electrons. The number of nitrogens with zero attached hydrogens (tertiary/aromatic N) is 2. The van der Waals surface area contributed by atoms with Crippen LogP contribution in [0.3, 0.4) is 0 Å². The van der Waals surface area contributed by atoms with E-state index in [4.69, 9.17) is 11.6 Å². The Hall–Kier alpha value is -1.33. The highest BCUT2D eigenvalue weighted by Crippen LogP contribution is 2.20. The molecule has 0 spiro atoms. The topological polar surface area (TPSA) is 46.9 Å². The van der Waals surface area contributed by atoms with Crippen molar-refractivity contribution in [1.82, 2.24) is 14.9 Å². The number of carbonyl (C=O) groups is 1. The fraction of sp³-hybridized carbons (Fsp3) is 0.333. The highest BCUT2D eigenvalue weighted by molar-refractivity contribution is 7.17. The van der Waals surface area contributed by atoms with Gasteiger partial charge in [-0.1, -0.05) is 11.6 Å². The number of amides is 1. The minimum absolute atomic E-state index is 0.0614. The molecule has 1 N–H and O–H groups in total. The molecule has 0 saturated heterocycles. The largest absolute Gasteiger partial charge is 0.351 e. The Labute approximate surface area is 115 Å². The summed E-state index contributed by atoms with van der Waals surface area (Å²) in [7, 11) is 0. The van der Waals surface area contributed by atoms with Crippen molar-refractivity contribution in [3.8, 4) is 0 Å².